The predicted octanol–water partition coefficient (Wildman–Crippen LogP) is 6.31. The van der Waals surface area contributed by atoms with Gasteiger partial charge in [-0.2, -0.15) is 0 Å². The third-order valence-electron chi connectivity index (χ3n) is 3.75. The van der Waals surface area contributed by atoms with E-state index in [-0.39, 0.29) is 0 Å². The summed E-state index contributed by atoms with van der Waals surface area (Å²) in [6, 6.07) is 23.3. The summed E-state index contributed by atoms with van der Waals surface area (Å²) >= 11 is 7.30. The highest BCUT2D eigenvalue weighted by molar-refractivity contribution is 9.13. The molecule has 0 radical (unpaired) electrons. The summed E-state index contributed by atoms with van der Waals surface area (Å²) in [6.45, 7) is 0. The quantitative estimate of drug-likeness (QED) is 0.353. The molecule has 0 bridgehead atoms. The van der Waals surface area contributed by atoms with Crippen molar-refractivity contribution in [1.29, 1.82) is 0 Å². The van der Waals surface area contributed by atoms with Crippen LogP contribution in [-0.4, -0.2) is 4.57 Å². The lowest BCUT2D eigenvalue weighted by molar-refractivity contribution is 1.16. The van der Waals surface area contributed by atoms with Crippen LogP contribution < -0.4 is 0 Å². The van der Waals surface area contributed by atoms with E-state index in [0.717, 1.165) is 14.6 Å². The van der Waals surface area contributed by atoms with Crippen molar-refractivity contribution in [1.82, 2.24) is 4.57 Å². The van der Waals surface area contributed by atoms with Crippen LogP contribution in [0.25, 0.3) is 27.5 Å². The molecule has 0 aliphatic carbocycles. The van der Waals surface area contributed by atoms with Crippen LogP contribution in [-0.2, 0) is 0 Å². The lowest BCUT2D eigenvalue weighted by Gasteiger charge is -2.11. The summed E-state index contributed by atoms with van der Waals surface area (Å²) in [6.07, 6.45) is 0. The Morgan fingerprint density at radius 2 is 1.19 bits per heavy atom. The van der Waals surface area contributed by atoms with Crippen molar-refractivity contribution in [3.63, 3.8) is 0 Å². The first-order chi connectivity index (χ1) is 10.3. The third kappa shape index (κ3) is 1.95. The summed E-state index contributed by atoms with van der Waals surface area (Å²) < 4.78 is 4.43. The molecule has 0 spiro atoms. The molecule has 4 rings (SSSR count). The van der Waals surface area contributed by atoms with E-state index in [9.17, 15) is 0 Å². The van der Waals surface area contributed by atoms with Crippen LogP contribution in [0, 0.1) is 0 Å². The molecule has 0 aliphatic rings. The van der Waals surface area contributed by atoms with Gasteiger partial charge >= 0.3 is 0 Å². The first-order valence-electron chi connectivity index (χ1n) is 6.70. The monoisotopic (exact) mass is 399 g/mol. The average molecular weight is 401 g/mol. The third-order valence-corrected chi connectivity index (χ3v) is 5.78. The van der Waals surface area contributed by atoms with Crippen molar-refractivity contribution in [3.05, 3.63) is 75.7 Å². The molecule has 0 unspecified atom stereocenters. The Balaban J connectivity index is 2.23. The fourth-order valence-corrected chi connectivity index (χ4v) is 3.64. The SMILES string of the molecule is Brc1cccc(-n2c3ccccc3c3ccccc32)c1Br. The zero-order valence-corrected chi connectivity index (χ0v) is 14.2. The predicted molar refractivity (Wildman–Crippen MR) is 96.2 cm³/mol. The molecule has 0 saturated heterocycles. The highest BCUT2D eigenvalue weighted by atomic mass is 79.9. The van der Waals surface area contributed by atoms with E-state index in [0.29, 0.717) is 0 Å². The number of fused-ring (bicyclic) bond motifs is 3. The first kappa shape index (κ1) is 13.1. The fraction of sp³-hybridized carbons (Fsp3) is 0. The van der Waals surface area contributed by atoms with Gasteiger partial charge in [-0.3, -0.25) is 0 Å². The van der Waals surface area contributed by atoms with Gasteiger partial charge in [0.2, 0.25) is 0 Å². The van der Waals surface area contributed by atoms with Crippen LogP contribution in [0.2, 0.25) is 0 Å². The lowest BCUT2D eigenvalue weighted by atomic mass is 10.2. The van der Waals surface area contributed by atoms with Gasteiger partial charge in [0.1, 0.15) is 0 Å². The highest BCUT2D eigenvalue weighted by Crippen LogP contribution is 2.36. The van der Waals surface area contributed by atoms with E-state index < -0.39 is 0 Å². The van der Waals surface area contributed by atoms with Crippen LogP contribution in [0.1, 0.15) is 0 Å². The molecule has 21 heavy (non-hydrogen) atoms. The van der Waals surface area contributed by atoms with Crippen LogP contribution in [0.5, 0.6) is 0 Å². The van der Waals surface area contributed by atoms with Crippen molar-refractivity contribution < 1.29 is 0 Å². The molecule has 3 aromatic carbocycles. The Kier molecular flexibility index (Phi) is 3.12. The standard InChI is InChI=1S/C18H11Br2N/c19-14-8-5-11-17(18(14)20)21-15-9-3-1-6-12(15)13-7-2-4-10-16(13)21/h1-11H. The topological polar surface area (TPSA) is 4.93 Å². The number of halogens is 2. The number of aromatic nitrogens is 1. The minimum atomic E-state index is 1.06. The number of hydrogen-bond donors (Lipinski definition) is 0. The molecule has 3 heteroatoms. The van der Waals surface area contributed by atoms with Crippen molar-refractivity contribution in [3.8, 4) is 5.69 Å². The van der Waals surface area contributed by atoms with Crippen LogP contribution in [0.4, 0.5) is 0 Å². The number of para-hydroxylation sites is 2. The number of benzene rings is 3. The zero-order valence-electron chi connectivity index (χ0n) is 11.1. The van der Waals surface area contributed by atoms with Gasteiger partial charge in [0.05, 0.1) is 21.2 Å². The molecule has 0 saturated carbocycles. The smallest absolute Gasteiger partial charge is 0.0615 e. The van der Waals surface area contributed by atoms with E-state index in [4.69, 9.17) is 0 Å². The van der Waals surface area contributed by atoms with Gasteiger partial charge in [0.15, 0.2) is 0 Å². The molecule has 1 nitrogen and oxygen atoms in total. The van der Waals surface area contributed by atoms with Crippen LogP contribution in [0.15, 0.2) is 75.7 Å². The average Bonchev–Trinajstić information content (AvgIpc) is 2.85. The van der Waals surface area contributed by atoms with Gasteiger partial charge < -0.3 is 4.57 Å². The lowest BCUT2D eigenvalue weighted by Crippen LogP contribution is -1.95. The van der Waals surface area contributed by atoms with E-state index in [2.05, 4.69) is 97.1 Å². The van der Waals surface area contributed by atoms with Gasteiger partial charge in [-0.05, 0) is 56.1 Å². The van der Waals surface area contributed by atoms with Crippen molar-refractivity contribution >= 4 is 53.7 Å². The maximum atomic E-state index is 3.71. The summed E-state index contributed by atoms with van der Waals surface area (Å²) in [5, 5.41) is 2.56. The maximum Gasteiger partial charge on any atom is 0.0615 e. The Labute approximate surface area is 139 Å². The second-order valence-electron chi connectivity index (χ2n) is 4.94. The number of rotatable bonds is 1. The molecule has 0 N–H and O–H groups in total. The molecular formula is C18H11Br2N. The zero-order chi connectivity index (χ0) is 14.4. The summed E-state index contributed by atoms with van der Waals surface area (Å²) in [5.41, 5.74) is 3.58. The summed E-state index contributed by atoms with van der Waals surface area (Å²) in [4.78, 5) is 0. The summed E-state index contributed by atoms with van der Waals surface area (Å²) in [7, 11) is 0. The molecule has 0 fully saturated rings. The second-order valence-corrected chi connectivity index (χ2v) is 6.59. The van der Waals surface area contributed by atoms with Crippen molar-refractivity contribution in [2.75, 3.05) is 0 Å². The normalized spacial score (nSPS) is 11.3. The highest BCUT2D eigenvalue weighted by Gasteiger charge is 2.13. The van der Waals surface area contributed by atoms with Gasteiger partial charge in [0.25, 0.3) is 0 Å². The fourth-order valence-electron chi connectivity index (χ4n) is 2.85. The molecule has 1 heterocycles. The molecule has 0 aliphatic heterocycles. The van der Waals surface area contributed by atoms with Crippen LogP contribution >= 0.6 is 31.9 Å². The molecule has 4 aromatic rings. The summed E-state index contributed by atoms with van der Waals surface area (Å²) in [5.74, 6) is 0. The largest absolute Gasteiger partial charge is 0.308 e. The molecule has 102 valence electrons. The first-order valence-corrected chi connectivity index (χ1v) is 8.28. The van der Waals surface area contributed by atoms with E-state index >= 15 is 0 Å². The van der Waals surface area contributed by atoms with Gasteiger partial charge in [-0.1, -0.05) is 42.5 Å². The van der Waals surface area contributed by atoms with Gasteiger partial charge in [-0.25, -0.2) is 0 Å². The van der Waals surface area contributed by atoms with Gasteiger partial charge in [0, 0.05) is 15.2 Å². The minimum absolute atomic E-state index is 1.06. The Bertz CT molecular complexity index is 916. The van der Waals surface area contributed by atoms with Gasteiger partial charge in [-0.15, -0.1) is 0 Å². The van der Waals surface area contributed by atoms with E-state index in [1.54, 1.807) is 0 Å². The maximum absolute atomic E-state index is 3.71. The Morgan fingerprint density at radius 3 is 1.81 bits per heavy atom. The van der Waals surface area contributed by atoms with Crippen molar-refractivity contribution in [2.45, 2.75) is 0 Å². The van der Waals surface area contributed by atoms with E-state index in [1.165, 1.54) is 21.8 Å². The van der Waals surface area contributed by atoms with Crippen molar-refractivity contribution in [2.24, 2.45) is 0 Å². The minimum Gasteiger partial charge on any atom is -0.308 e. The Morgan fingerprint density at radius 1 is 0.619 bits per heavy atom. The van der Waals surface area contributed by atoms with Crippen LogP contribution in [0.3, 0.4) is 0 Å². The molecule has 1 aromatic heterocycles. The second kappa shape index (κ2) is 5.00. The number of hydrogen-bond acceptors (Lipinski definition) is 0. The molecule has 0 amide bonds. The molecule has 0 atom stereocenters. The Hall–Kier alpha value is -1.58. The van der Waals surface area contributed by atoms with E-state index in [1.807, 2.05) is 6.07 Å². The number of nitrogens with zero attached hydrogens (tertiary/aromatic N) is 1. The molecular weight excluding hydrogens is 390 g/mol.